The molecule has 1 atom stereocenters. The largest absolute Gasteiger partial charge is 0.381 e. The Bertz CT molecular complexity index is 782. The maximum absolute atomic E-state index is 6.01. The molecule has 30 heavy (non-hydrogen) atoms. The molecule has 5 nitrogen and oxygen atoms in total. The van der Waals surface area contributed by atoms with Crippen molar-refractivity contribution in [3.8, 4) is 0 Å². The highest BCUT2D eigenvalue weighted by molar-refractivity contribution is 7.11. The van der Waals surface area contributed by atoms with E-state index < -0.39 is 0 Å². The second-order valence-corrected chi connectivity index (χ2v) is 9.27. The first-order valence-electron chi connectivity index (χ1n) is 11.0. The van der Waals surface area contributed by atoms with Gasteiger partial charge in [0, 0.05) is 42.0 Å². The minimum atomic E-state index is 0.325. The first-order valence-corrected chi connectivity index (χ1v) is 11.8. The Hall–Kier alpha value is -1.89. The molecule has 1 aliphatic rings. The summed E-state index contributed by atoms with van der Waals surface area (Å²) in [7, 11) is 0. The van der Waals surface area contributed by atoms with E-state index in [0.717, 1.165) is 45.0 Å². The Kier molecular flexibility index (Phi) is 9.18. The SMILES string of the molecule is CCNC(=NCc1ccc(COC2CCOCC2)cc1)NC(C)Cc1ccc(C)s1. The van der Waals surface area contributed by atoms with Gasteiger partial charge in [0.15, 0.2) is 5.96 Å². The number of benzene rings is 1. The Morgan fingerprint density at radius 1 is 1.17 bits per heavy atom. The van der Waals surface area contributed by atoms with Crippen molar-refractivity contribution in [1.29, 1.82) is 0 Å². The van der Waals surface area contributed by atoms with Crippen molar-refractivity contribution in [1.82, 2.24) is 10.6 Å². The van der Waals surface area contributed by atoms with Gasteiger partial charge in [0.05, 0.1) is 19.3 Å². The fraction of sp³-hybridized carbons (Fsp3) is 0.542. The standard InChI is InChI=1S/C24H35N3O2S/c1-4-25-24(27-18(2)15-23-10-5-19(3)30-23)26-16-20-6-8-21(9-7-20)17-29-22-11-13-28-14-12-22/h5-10,18,22H,4,11-17H2,1-3H3,(H2,25,26,27). The molecule has 3 rings (SSSR count). The number of ether oxygens (including phenoxy) is 2. The van der Waals surface area contributed by atoms with Gasteiger partial charge in [-0.1, -0.05) is 24.3 Å². The summed E-state index contributed by atoms with van der Waals surface area (Å²) in [6, 6.07) is 13.3. The monoisotopic (exact) mass is 429 g/mol. The summed E-state index contributed by atoms with van der Waals surface area (Å²) >= 11 is 1.86. The van der Waals surface area contributed by atoms with E-state index in [1.165, 1.54) is 20.9 Å². The number of nitrogens with one attached hydrogen (secondary N) is 2. The minimum Gasteiger partial charge on any atom is -0.381 e. The number of hydrogen-bond donors (Lipinski definition) is 2. The lowest BCUT2D eigenvalue weighted by atomic mass is 10.1. The van der Waals surface area contributed by atoms with Crippen LogP contribution in [0.2, 0.25) is 0 Å². The number of rotatable bonds is 9. The van der Waals surface area contributed by atoms with E-state index in [2.05, 4.69) is 67.8 Å². The summed E-state index contributed by atoms with van der Waals surface area (Å²) in [6.07, 6.45) is 3.33. The average molecular weight is 430 g/mol. The molecule has 1 unspecified atom stereocenters. The molecule has 164 valence electrons. The van der Waals surface area contributed by atoms with Crippen molar-refractivity contribution >= 4 is 17.3 Å². The van der Waals surface area contributed by atoms with E-state index in [4.69, 9.17) is 14.5 Å². The maximum Gasteiger partial charge on any atom is 0.191 e. The van der Waals surface area contributed by atoms with Crippen LogP contribution in [0.1, 0.15) is 47.6 Å². The van der Waals surface area contributed by atoms with Crippen molar-refractivity contribution < 1.29 is 9.47 Å². The summed E-state index contributed by atoms with van der Waals surface area (Å²) in [5.74, 6) is 0.866. The Morgan fingerprint density at radius 3 is 2.57 bits per heavy atom. The molecule has 1 fully saturated rings. The van der Waals surface area contributed by atoms with Gasteiger partial charge in [-0.05, 0) is 56.9 Å². The summed E-state index contributed by atoms with van der Waals surface area (Å²) in [4.78, 5) is 7.54. The smallest absolute Gasteiger partial charge is 0.191 e. The summed E-state index contributed by atoms with van der Waals surface area (Å²) in [6.45, 7) is 10.2. The molecule has 2 N–H and O–H groups in total. The molecule has 0 amide bonds. The van der Waals surface area contributed by atoms with Crippen LogP contribution in [0.4, 0.5) is 0 Å². The molecule has 1 aromatic heterocycles. The molecule has 2 heterocycles. The van der Waals surface area contributed by atoms with Crippen LogP contribution < -0.4 is 10.6 Å². The van der Waals surface area contributed by atoms with E-state index in [1.54, 1.807) is 0 Å². The zero-order valence-electron chi connectivity index (χ0n) is 18.4. The summed E-state index contributed by atoms with van der Waals surface area (Å²) < 4.78 is 11.4. The molecule has 0 radical (unpaired) electrons. The van der Waals surface area contributed by atoms with Gasteiger partial charge in [0.25, 0.3) is 0 Å². The van der Waals surface area contributed by atoms with Crippen LogP contribution in [0.15, 0.2) is 41.4 Å². The molecule has 0 bridgehead atoms. The third-order valence-corrected chi connectivity index (χ3v) is 6.15. The molecule has 2 aromatic rings. The van der Waals surface area contributed by atoms with Gasteiger partial charge >= 0.3 is 0 Å². The molecular weight excluding hydrogens is 394 g/mol. The fourth-order valence-corrected chi connectivity index (χ4v) is 4.49. The van der Waals surface area contributed by atoms with Crippen molar-refractivity contribution in [3.05, 3.63) is 57.3 Å². The molecule has 1 saturated heterocycles. The van der Waals surface area contributed by atoms with Gasteiger partial charge in [-0.3, -0.25) is 0 Å². The van der Waals surface area contributed by atoms with E-state index >= 15 is 0 Å². The van der Waals surface area contributed by atoms with Gasteiger partial charge in [0.2, 0.25) is 0 Å². The predicted octanol–water partition coefficient (Wildman–Crippen LogP) is 4.44. The molecule has 0 saturated carbocycles. The van der Waals surface area contributed by atoms with Crippen LogP contribution in [0.5, 0.6) is 0 Å². The zero-order valence-corrected chi connectivity index (χ0v) is 19.3. The highest BCUT2D eigenvalue weighted by Gasteiger charge is 2.14. The predicted molar refractivity (Wildman–Crippen MR) is 125 cm³/mol. The van der Waals surface area contributed by atoms with Crippen LogP contribution >= 0.6 is 11.3 Å². The fourth-order valence-electron chi connectivity index (χ4n) is 3.47. The molecule has 1 aromatic carbocycles. The Balaban J connectivity index is 1.48. The molecule has 1 aliphatic heterocycles. The van der Waals surface area contributed by atoms with Crippen molar-refractivity contribution in [3.63, 3.8) is 0 Å². The first-order chi connectivity index (χ1) is 14.6. The highest BCUT2D eigenvalue weighted by atomic mass is 32.1. The lowest BCUT2D eigenvalue weighted by molar-refractivity contribution is -0.0390. The van der Waals surface area contributed by atoms with Crippen LogP contribution in [-0.4, -0.2) is 37.9 Å². The number of aliphatic imine (C=N–C) groups is 1. The minimum absolute atomic E-state index is 0.325. The molecular formula is C24H35N3O2S. The number of aryl methyl sites for hydroxylation is 1. The summed E-state index contributed by atoms with van der Waals surface area (Å²) in [5, 5.41) is 6.88. The number of thiophene rings is 1. The quantitative estimate of drug-likeness (QED) is 0.457. The third-order valence-electron chi connectivity index (χ3n) is 5.13. The second kappa shape index (κ2) is 12.1. The van der Waals surface area contributed by atoms with Crippen LogP contribution in [0.25, 0.3) is 0 Å². The molecule has 0 spiro atoms. The number of guanidine groups is 1. The first kappa shape index (κ1) is 22.8. The number of nitrogens with zero attached hydrogens (tertiary/aromatic N) is 1. The van der Waals surface area contributed by atoms with E-state index in [0.29, 0.717) is 25.3 Å². The lowest BCUT2D eigenvalue weighted by Gasteiger charge is -2.22. The van der Waals surface area contributed by atoms with Crippen molar-refractivity contribution in [2.75, 3.05) is 19.8 Å². The highest BCUT2D eigenvalue weighted by Crippen LogP contribution is 2.17. The number of hydrogen-bond acceptors (Lipinski definition) is 4. The maximum atomic E-state index is 6.01. The van der Waals surface area contributed by atoms with Gasteiger partial charge < -0.3 is 20.1 Å². The van der Waals surface area contributed by atoms with Crippen LogP contribution in [0, 0.1) is 6.92 Å². The third kappa shape index (κ3) is 7.74. The normalized spacial score (nSPS) is 16.4. The van der Waals surface area contributed by atoms with Gasteiger partial charge in [0.1, 0.15) is 0 Å². The van der Waals surface area contributed by atoms with E-state index in [9.17, 15) is 0 Å². The molecule has 6 heteroatoms. The second-order valence-electron chi connectivity index (χ2n) is 7.90. The Labute approximate surface area is 184 Å². The van der Waals surface area contributed by atoms with E-state index in [1.807, 2.05) is 11.3 Å². The van der Waals surface area contributed by atoms with Gasteiger partial charge in [-0.2, -0.15) is 0 Å². The van der Waals surface area contributed by atoms with E-state index in [-0.39, 0.29) is 0 Å². The Morgan fingerprint density at radius 2 is 1.90 bits per heavy atom. The van der Waals surface area contributed by atoms with Crippen molar-refractivity contribution in [2.45, 2.75) is 65.3 Å². The van der Waals surface area contributed by atoms with Crippen molar-refractivity contribution in [2.24, 2.45) is 4.99 Å². The lowest BCUT2D eigenvalue weighted by Crippen LogP contribution is -2.43. The topological polar surface area (TPSA) is 54.9 Å². The van der Waals surface area contributed by atoms with Crippen LogP contribution in [0.3, 0.4) is 0 Å². The van der Waals surface area contributed by atoms with Gasteiger partial charge in [-0.15, -0.1) is 11.3 Å². The van der Waals surface area contributed by atoms with Crippen LogP contribution in [-0.2, 0) is 29.0 Å². The molecule has 0 aliphatic carbocycles. The zero-order chi connectivity index (χ0) is 21.2. The summed E-state index contributed by atoms with van der Waals surface area (Å²) in [5.41, 5.74) is 2.41. The average Bonchev–Trinajstić information content (AvgIpc) is 3.16. The van der Waals surface area contributed by atoms with Gasteiger partial charge in [-0.25, -0.2) is 4.99 Å².